The summed E-state index contributed by atoms with van der Waals surface area (Å²) in [7, 11) is 1.81. The van der Waals surface area contributed by atoms with Crippen molar-refractivity contribution in [2.24, 2.45) is 5.41 Å². The van der Waals surface area contributed by atoms with Crippen LogP contribution in [0.1, 0.15) is 31.2 Å². The van der Waals surface area contributed by atoms with Crippen molar-refractivity contribution in [3.05, 3.63) is 35.9 Å². The molecule has 1 heterocycles. The number of benzene rings is 1. The van der Waals surface area contributed by atoms with Gasteiger partial charge in [0.2, 0.25) is 12.0 Å². The van der Waals surface area contributed by atoms with E-state index in [1.807, 2.05) is 37.4 Å². The minimum absolute atomic E-state index is 0.0170. The van der Waals surface area contributed by atoms with E-state index in [0.717, 1.165) is 18.4 Å². The third kappa shape index (κ3) is 5.06. The van der Waals surface area contributed by atoms with Crippen LogP contribution in [0.15, 0.2) is 30.3 Å². The highest BCUT2D eigenvalue weighted by Crippen LogP contribution is 2.50. The number of aliphatic hydroxyl groups excluding tert-OH is 1. The third-order valence-electron chi connectivity index (χ3n) is 6.33. The first kappa shape index (κ1) is 22.4. The minimum Gasteiger partial charge on any atom is -0.434 e. The van der Waals surface area contributed by atoms with Crippen molar-refractivity contribution in [2.75, 3.05) is 26.7 Å². The summed E-state index contributed by atoms with van der Waals surface area (Å²) in [6, 6.07) is 9.69. The Bertz CT molecular complexity index is 740. The Morgan fingerprint density at radius 3 is 2.37 bits per heavy atom. The van der Waals surface area contributed by atoms with Crippen LogP contribution in [0.5, 0.6) is 0 Å². The van der Waals surface area contributed by atoms with Gasteiger partial charge < -0.3 is 19.6 Å². The van der Waals surface area contributed by atoms with E-state index in [9.17, 15) is 22.8 Å². The van der Waals surface area contributed by atoms with Crippen LogP contribution in [0.2, 0.25) is 0 Å². The molecule has 1 unspecified atom stereocenters. The van der Waals surface area contributed by atoms with Gasteiger partial charge in [-0.3, -0.25) is 4.79 Å². The van der Waals surface area contributed by atoms with E-state index in [1.165, 1.54) is 4.90 Å². The first-order valence-electron chi connectivity index (χ1n) is 10.1. The fourth-order valence-corrected chi connectivity index (χ4v) is 4.29. The van der Waals surface area contributed by atoms with Crippen molar-refractivity contribution in [1.29, 1.82) is 0 Å². The zero-order valence-electron chi connectivity index (χ0n) is 16.9. The van der Waals surface area contributed by atoms with E-state index in [-0.39, 0.29) is 17.4 Å². The van der Waals surface area contributed by atoms with Gasteiger partial charge in [-0.1, -0.05) is 30.3 Å². The molecule has 1 saturated heterocycles. The molecule has 2 fully saturated rings. The second-order valence-electron chi connectivity index (χ2n) is 8.31. The first-order chi connectivity index (χ1) is 14.1. The fraction of sp³-hybridized carbons (Fsp3) is 0.619. The Hall–Kier alpha value is -2.29. The van der Waals surface area contributed by atoms with Crippen molar-refractivity contribution in [1.82, 2.24) is 9.80 Å². The second kappa shape index (κ2) is 8.83. The summed E-state index contributed by atoms with van der Waals surface area (Å²) >= 11 is 0. The molecule has 1 aromatic rings. The Morgan fingerprint density at radius 1 is 1.23 bits per heavy atom. The van der Waals surface area contributed by atoms with Gasteiger partial charge in [-0.2, -0.15) is 13.2 Å². The van der Waals surface area contributed by atoms with Gasteiger partial charge in [-0.05, 0) is 36.7 Å². The van der Waals surface area contributed by atoms with Crippen LogP contribution < -0.4 is 0 Å². The number of halogens is 3. The third-order valence-corrected chi connectivity index (χ3v) is 6.33. The van der Waals surface area contributed by atoms with E-state index < -0.39 is 25.0 Å². The molecule has 0 aromatic heterocycles. The highest BCUT2D eigenvalue weighted by Gasteiger charge is 2.49. The van der Waals surface area contributed by atoms with E-state index in [1.54, 1.807) is 4.90 Å². The van der Waals surface area contributed by atoms with E-state index in [0.29, 0.717) is 32.4 Å². The number of alkyl halides is 3. The van der Waals surface area contributed by atoms with Crippen LogP contribution in [0.3, 0.4) is 0 Å². The number of likely N-dealkylation sites (N-methyl/N-ethyl adjacent to an activating group) is 1. The smallest absolute Gasteiger partial charge is 0.427 e. The maximum atomic E-state index is 12.7. The van der Waals surface area contributed by atoms with Crippen molar-refractivity contribution in [2.45, 2.75) is 50.4 Å². The quantitative estimate of drug-likeness (QED) is 0.783. The van der Waals surface area contributed by atoms with Crippen LogP contribution >= 0.6 is 0 Å². The van der Waals surface area contributed by atoms with Crippen LogP contribution in [0.4, 0.5) is 18.0 Å². The van der Waals surface area contributed by atoms with Gasteiger partial charge in [0.05, 0.1) is 13.0 Å². The second-order valence-corrected chi connectivity index (χ2v) is 8.31. The SMILES string of the molecule is CN(C(=O)Cc1ccccc1)C1CC2(CCN(C(=O)OC(CO)C(F)(F)F)CC2)C1. The van der Waals surface area contributed by atoms with Gasteiger partial charge in [-0.25, -0.2) is 4.79 Å². The normalized spacial score (nSPS) is 19.8. The highest BCUT2D eigenvalue weighted by atomic mass is 19.4. The molecule has 1 aliphatic carbocycles. The van der Waals surface area contributed by atoms with E-state index in [2.05, 4.69) is 4.74 Å². The molecule has 1 aromatic carbocycles. The molecule has 1 aliphatic heterocycles. The molecule has 30 heavy (non-hydrogen) atoms. The number of aliphatic hydroxyl groups is 1. The van der Waals surface area contributed by atoms with Gasteiger partial charge in [0, 0.05) is 26.2 Å². The van der Waals surface area contributed by atoms with Crippen molar-refractivity contribution >= 4 is 12.0 Å². The predicted octanol–water partition coefficient (Wildman–Crippen LogP) is 2.99. The first-order valence-corrected chi connectivity index (χ1v) is 10.1. The Kier molecular flexibility index (Phi) is 6.59. The largest absolute Gasteiger partial charge is 0.434 e. The highest BCUT2D eigenvalue weighted by molar-refractivity contribution is 5.79. The molecule has 1 spiro atoms. The van der Waals surface area contributed by atoms with Gasteiger partial charge in [-0.15, -0.1) is 0 Å². The lowest BCUT2D eigenvalue weighted by Gasteiger charge is -2.54. The van der Waals surface area contributed by atoms with Crippen molar-refractivity contribution in [3.8, 4) is 0 Å². The summed E-state index contributed by atoms with van der Waals surface area (Å²) in [5, 5.41) is 8.81. The minimum atomic E-state index is -4.79. The summed E-state index contributed by atoms with van der Waals surface area (Å²) in [5.41, 5.74) is 0.985. The van der Waals surface area contributed by atoms with E-state index in [4.69, 9.17) is 5.11 Å². The number of nitrogens with zero attached hydrogens (tertiary/aromatic N) is 2. The lowest BCUT2D eigenvalue weighted by atomic mass is 9.60. The molecular weight excluding hydrogens is 401 g/mol. The van der Waals surface area contributed by atoms with Crippen LogP contribution in [0, 0.1) is 5.41 Å². The summed E-state index contributed by atoms with van der Waals surface area (Å²) in [6.45, 7) is -0.676. The molecule has 1 atom stereocenters. The van der Waals surface area contributed by atoms with Gasteiger partial charge >= 0.3 is 12.3 Å². The number of carbonyl (C=O) groups excluding carboxylic acids is 2. The molecule has 3 rings (SSSR count). The summed E-state index contributed by atoms with van der Waals surface area (Å²) < 4.78 is 42.4. The lowest BCUT2D eigenvalue weighted by molar-refractivity contribution is -0.215. The Balaban J connectivity index is 1.45. The summed E-state index contributed by atoms with van der Waals surface area (Å²) in [5.74, 6) is 0.0595. The number of hydrogen-bond donors (Lipinski definition) is 1. The molecule has 2 aliphatic rings. The average molecular weight is 428 g/mol. The van der Waals surface area contributed by atoms with E-state index >= 15 is 0 Å². The standard InChI is InChI=1S/C21H27F3N2O4/c1-25(18(28)11-15-5-3-2-4-6-15)16-12-20(13-16)7-9-26(10-8-20)19(29)30-17(14-27)21(22,23)24/h2-6,16-17,27H,7-14H2,1H3. The van der Waals surface area contributed by atoms with Gasteiger partial charge in [0.1, 0.15) is 0 Å². The molecule has 1 saturated carbocycles. The Labute approximate surface area is 173 Å². The fourth-order valence-electron chi connectivity index (χ4n) is 4.29. The molecule has 6 nitrogen and oxygen atoms in total. The monoisotopic (exact) mass is 428 g/mol. The van der Waals surface area contributed by atoms with Crippen LogP contribution in [-0.2, 0) is 16.0 Å². The zero-order valence-corrected chi connectivity index (χ0v) is 16.9. The molecule has 166 valence electrons. The Morgan fingerprint density at radius 2 is 1.83 bits per heavy atom. The summed E-state index contributed by atoms with van der Waals surface area (Å²) in [4.78, 5) is 27.6. The lowest BCUT2D eigenvalue weighted by Crippen LogP contribution is -2.56. The molecule has 2 amide bonds. The average Bonchev–Trinajstić information content (AvgIpc) is 2.69. The molecule has 0 bridgehead atoms. The molecule has 9 heteroatoms. The van der Waals surface area contributed by atoms with Crippen LogP contribution in [0.25, 0.3) is 0 Å². The number of ether oxygens (including phenoxy) is 1. The summed E-state index contributed by atoms with van der Waals surface area (Å²) in [6.07, 6.45) is -5.01. The zero-order chi connectivity index (χ0) is 21.9. The molecule has 1 N–H and O–H groups in total. The predicted molar refractivity (Wildman–Crippen MR) is 103 cm³/mol. The van der Waals surface area contributed by atoms with Crippen LogP contribution in [-0.4, -0.2) is 72.0 Å². The maximum absolute atomic E-state index is 12.7. The number of likely N-dealkylation sites (tertiary alicyclic amines) is 1. The number of rotatable bonds is 5. The number of piperidine rings is 1. The molecular formula is C21H27F3N2O4. The maximum Gasteiger partial charge on any atom is 0.427 e. The molecule has 0 radical (unpaired) electrons. The number of amides is 2. The van der Waals surface area contributed by atoms with Gasteiger partial charge in [0.25, 0.3) is 0 Å². The number of carbonyl (C=O) groups is 2. The topological polar surface area (TPSA) is 70.1 Å². The number of hydrogen-bond acceptors (Lipinski definition) is 4. The van der Waals surface area contributed by atoms with Crippen molar-refractivity contribution in [3.63, 3.8) is 0 Å². The van der Waals surface area contributed by atoms with Crippen molar-refractivity contribution < 1.29 is 32.6 Å². The van der Waals surface area contributed by atoms with Gasteiger partial charge in [0.15, 0.2) is 0 Å².